The molecule has 78 valence electrons. The highest BCUT2D eigenvalue weighted by Gasteiger charge is 2.17. The second-order valence-electron chi connectivity index (χ2n) is 2.50. The minimum absolute atomic E-state index is 0.154. The van der Waals surface area contributed by atoms with Crippen molar-refractivity contribution < 1.29 is 23.8 Å². The SMILES string of the molecule is NC(CNCC(O)C(F)F)C(=O)O. The lowest BCUT2D eigenvalue weighted by atomic mass is 10.3. The second-order valence-corrected chi connectivity index (χ2v) is 2.50. The van der Waals surface area contributed by atoms with Crippen molar-refractivity contribution in [1.82, 2.24) is 5.32 Å². The Morgan fingerprint density at radius 2 is 2.00 bits per heavy atom. The van der Waals surface area contributed by atoms with E-state index in [0.717, 1.165) is 0 Å². The highest BCUT2D eigenvalue weighted by molar-refractivity contribution is 5.73. The molecule has 0 aromatic carbocycles. The quantitative estimate of drug-likeness (QED) is 0.421. The van der Waals surface area contributed by atoms with Crippen molar-refractivity contribution >= 4 is 5.97 Å². The average Bonchev–Trinajstić information content (AvgIpc) is 2.03. The minimum Gasteiger partial charge on any atom is -0.480 e. The first-order chi connectivity index (χ1) is 5.95. The summed E-state index contributed by atoms with van der Waals surface area (Å²) >= 11 is 0. The number of nitrogens with two attached hydrogens (primary N) is 1. The fraction of sp³-hybridized carbons (Fsp3) is 0.833. The van der Waals surface area contributed by atoms with Crippen molar-refractivity contribution in [3.8, 4) is 0 Å². The van der Waals surface area contributed by atoms with E-state index in [1.54, 1.807) is 0 Å². The van der Waals surface area contributed by atoms with Crippen LogP contribution in [0.3, 0.4) is 0 Å². The zero-order valence-electron chi connectivity index (χ0n) is 6.78. The third-order valence-corrected chi connectivity index (χ3v) is 1.33. The Balaban J connectivity index is 3.50. The lowest BCUT2D eigenvalue weighted by molar-refractivity contribution is -0.138. The number of carbonyl (C=O) groups is 1. The van der Waals surface area contributed by atoms with Crippen LogP contribution in [0.4, 0.5) is 8.78 Å². The number of hydrogen-bond donors (Lipinski definition) is 4. The molecule has 0 aliphatic carbocycles. The standard InChI is InChI=1S/C6H12F2N2O3/c7-5(8)4(11)2-10-1-3(9)6(12)13/h3-5,10-11H,1-2,9H2,(H,12,13). The molecule has 0 amide bonds. The average molecular weight is 198 g/mol. The summed E-state index contributed by atoms with van der Waals surface area (Å²) in [5.41, 5.74) is 5.05. The van der Waals surface area contributed by atoms with Gasteiger partial charge in [-0.05, 0) is 0 Å². The van der Waals surface area contributed by atoms with Gasteiger partial charge >= 0.3 is 5.97 Å². The fourth-order valence-corrected chi connectivity index (χ4v) is 0.563. The van der Waals surface area contributed by atoms with E-state index in [-0.39, 0.29) is 13.1 Å². The van der Waals surface area contributed by atoms with Crippen LogP contribution < -0.4 is 11.1 Å². The van der Waals surface area contributed by atoms with Crippen molar-refractivity contribution in [2.75, 3.05) is 13.1 Å². The summed E-state index contributed by atoms with van der Waals surface area (Å²) in [6.07, 6.45) is -4.63. The maximum atomic E-state index is 11.7. The molecule has 2 unspecified atom stereocenters. The number of nitrogens with one attached hydrogen (secondary N) is 1. The number of aliphatic hydroxyl groups excluding tert-OH is 1. The van der Waals surface area contributed by atoms with Gasteiger partial charge < -0.3 is 21.3 Å². The van der Waals surface area contributed by atoms with E-state index in [1.165, 1.54) is 0 Å². The van der Waals surface area contributed by atoms with E-state index in [1.807, 2.05) is 0 Å². The van der Waals surface area contributed by atoms with Gasteiger partial charge in [0.05, 0.1) is 0 Å². The molecule has 5 N–H and O–H groups in total. The van der Waals surface area contributed by atoms with Gasteiger partial charge in [0.25, 0.3) is 6.43 Å². The topological polar surface area (TPSA) is 95.6 Å². The van der Waals surface area contributed by atoms with Crippen LogP contribution in [-0.4, -0.2) is 47.8 Å². The minimum atomic E-state index is -2.84. The largest absolute Gasteiger partial charge is 0.480 e. The van der Waals surface area contributed by atoms with Gasteiger partial charge in [0.15, 0.2) is 0 Å². The molecule has 0 rings (SSSR count). The van der Waals surface area contributed by atoms with Gasteiger partial charge in [-0.2, -0.15) is 0 Å². The molecule has 0 saturated carbocycles. The molecule has 0 aromatic heterocycles. The number of aliphatic hydroxyl groups is 1. The summed E-state index contributed by atoms with van der Waals surface area (Å²) in [6.45, 7) is -0.530. The molecule has 0 aliphatic heterocycles. The first-order valence-corrected chi connectivity index (χ1v) is 3.60. The Morgan fingerprint density at radius 1 is 1.46 bits per heavy atom. The van der Waals surface area contributed by atoms with Gasteiger partial charge in [0, 0.05) is 13.1 Å². The predicted octanol–water partition coefficient (Wildman–Crippen LogP) is -1.39. The summed E-state index contributed by atoms with van der Waals surface area (Å²) in [5, 5.41) is 19.2. The van der Waals surface area contributed by atoms with Crippen molar-refractivity contribution in [2.24, 2.45) is 5.73 Å². The lowest BCUT2D eigenvalue weighted by Gasteiger charge is -2.12. The van der Waals surface area contributed by atoms with Crippen molar-refractivity contribution in [3.63, 3.8) is 0 Å². The van der Waals surface area contributed by atoms with Crippen molar-refractivity contribution in [1.29, 1.82) is 0 Å². The van der Waals surface area contributed by atoms with Crippen LogP contribution in [-0.2, 0) is 4.79 Å². The maximum absolute atomic E-state index is 11.7. The molecule has 0 spiro atoms. The Bertz CT molecular complexity index is 168. The molecule has 7 heteroatoms. The summed E-state index contributed by atoms with van der Waals surface area (Å²) < 4.78 is 23.3. The Hall–Kier alpha value is -0.790. The van der Waals surface area contributed by atoms with Gasteiger partial charge in [-0.3, -0.25) is 4.79 Å². The molecule has 0 radical (unpaired) electrons. The fourth-order valence-electron chi connectivity index (χ4n) is 0.563. The molecule has 0 saturated heterocycles. The van der Waals surface area contributed by atoms with Crippen LogP contribution in [0.1, 0.15) is 0 Å². The van der Waals surface area contributed by atoms with Crippen molar-refractivity contribution in [3.05, 3.63) is 0 Å². The van der Waals surface area contributed by atoms with E-state index in [4.69, 9.17) is 15.9 Å². The first-order valence-electron chi connectivity index (χ1n) is 3.60. The zero-order chi connectivity index (χ0) is 10.4. The zero-order valence-corrected chi connectivity index (χ0v) is 6.78. The van der Waals surface area contributed by atoms with Crippen LogP contribution in [0.25, 0.3) is 0 Å². The normalized spacial score (nSPS) is 15.8. The molecule has 0 bridgehead atoms. The number of alkyl halides is 2. The van der Waals surface area contributed by atoms with Crippen LogP contribution in [0.5, 0.6) is 0 Å². The Morgan fingerprint density at radius 3 is 2.38 bits per heavy atom. The van der Waals surface area contributed by atoms with Crippen LogP contribution in [0, 0.1) is 0 Å². The monoisotopic (exact) mass is 198 g/mol. The van der Waals surface area contributed by atoms with Gasteiger partial charge in [-0.1, -0.05) is 0 Å². The summed E-state index contributed by atoms with van der Waals surface area (Å²) in [6, 6.07) is -1.15. The molecule has 5 nitrogen and oxygen atoms in total. The lowest BCUT2D eigenvalue weighted by Crippen LogP contribution is -2.43. The van der Waals surface area contributed by atoms with Crippen LogP contribution >= 0.6 is 0 Å². The van der Waals surface area contributed by atoms with Gasteiger partial charge in [0.2, 0.25) is 0 Å². The molecule has 0 heterocycles. The molecule has 0 aliphatic rings. The van der Waals surface area contributed by atoms with E-state index in [2.05, 4.69) is 5.32 Å². The van der Waals surface area contributed by atoms with Crippen molar-refractivity contribution in [2.45, 2.75) is 18.6 Å². The van der Waals surface area contributed by atoms with E-state index >= 15 is 0 Å². The highest BCUT2D eigenvalue weighted by Crippen LogP contribution is 1.98. The molecule has 13 heavy (non-hydrogen) atoms. The number of carboxylic acid groups (broad SMARTS) is 1. The number of rotatable bonds is 6. The van der Waals surface area contributed by atoms with Gasteiger partial charge in [0.1, 0.15) is 12.1 Å². The third-order valence-electron chi connectivity index (χ3n) is 1.33. The summed E-state index contributed by atoms with van der Waals surface area (Å²) in [4.78, 5) is 10.1. The number of hydrogen-bond acceptors (Lipinski definition) is 4. The predicted molar refractivity (Wildman–Crippen MR) is 40.5 cm³/mol. The second kappa shape index (κ2) is 5.79. The smallest absolute Gasteiger partial charge is 0.321 e. The van der Waals surface area contributed by atoms with Gasteiger partial charge in [-0.25, -0.2) is 8.78 Å². The van der Waals surface area contributed by atoms with E-state index in [9.17, 15) is 13.6 Å². The van der Waals surface area contributed by atoms with Crippen LogP contribution in [0.15, 0.2) is 0 Å². The third kappa shape index (κ3) is 5.45. The van der Waals surface area contributed by atoms with Gasteiger partial charge in [-0.15, -0.1) is 0 Å². The Labute approximate surface area is 73.5 Å². The van der Waals surface area contributed by atoms with Crippen LogP contribution in [0.2, 0.25) is 0 Å². The molecule has 0 aromatic rings. The molecular formula is C6H12F2N2O3. The summed E-state index contributed by atoms with van der Waals surface area (Å²) in [7, 11) is 0. The highest BCUT2D eigenvalue weighted by atomic mass is 19.3. The van der Waals surface area contributed by atoms with E-state index in [0.29, 0.717) is 0 Å². The molecule has 2 atom stereocenters. The number of halogens is 2. The maximum Gasteiger partial charge on any atom is 0.321 e. The number of carboxylic acids is 1. The first kappa shape index (κ1) is 12.2. The van der Waals surface area contributed by atoms with E-state index < -0.39 is 24.5 Å². The molecular weight excluding hydrogens is 186 g/mol. The summed E-state index contributed by atoms with van der Waals surface area (Å²) in [5.74, 6) is -1.22. The molecule has 0 fully saturated rings. The number of aliphatic carboxylic acids is 1. The Kier molecular flexibility index (Phi) is 5.44.